The van der Waals surface area contributed by atoms with Crippen molar-refractivity contribution >= 4 is 23.2 Å². The second-order valence-corrected chi connectivity index (χ2v) is 5.40. The molecule has 4 N–H and O–H groups in total. The van der Waals surface area contributed by atoms with Crippen LogP contribution in [0, 0.1) is 13.8 Å². The predicted molar refractivity (Wildman–Crippen MR) is 77.8 cm³/mol. The number of nitrogens with zero attached hydrogens (tertiary/aromatic N) is 4. The maximum absolute atomic E-state index is 5.32. The average molecular weight is 295 g/mol. The van der Waals surface area contributed by atoms with Gasteiger partial charge in [-0.05, 0) is 20.8 Å². The molecule has 20 heavy (non-hydrogen) atoms. The number of hydrogen-bond donors (Lipinski definition) is 3. The Bertz CT molecular complexity index is 578. The van der Waals surface area contributed by atoms with Gasteiger partial charge in [-0.3, -0.25) is 5.43 Å². The summed E-state index contributed by atoms with van der Waals surface area (Å²) in [5.74, 6) is 5.95. The first-order valence-electron chi connectivity index (χ1n) is 6.00. The van der Waals surface area contributed by atoms with E-state index >= 15 is 0 Å². The van der Waals surface area contributed by atoms with Gasteiger partial charge in [0.05, 0.1) is 23.9 Å². The van der Waals surface area contributed by atoms with E-state index in [4.69, 9.17) is 10.6 Å². The molecule has 0 aliphatic carbocycles. The Morgan fingerprint density at radius 1 is 1.15 bits per heavy atom. The second-order valence-electron chi connectivity index (χ2n) is 4.16. The molecular formula is C11H17N7OS. The lowest BCUT2D eigenvalue weighted by atomic mass is 10.2. The van der Waals surface area contributed by atoms with Gasteiger partial charge in [0.1, 0.15) is 0 Å². The van der Waals surface area contributed by atoms with Crippen molar-refractivity contribution in [1.82, 2.24) is 19.9 Å². The first-order chi connectivity index (χ1) is 9.53. The van der Waals surface area contributed by atoms with Crippen LogP contribution in [-0.2, 0) is 0 Å². The van der Waals surface area contributed by atoms with Gasteiger partial charge in [0, 0.05) is 4.88 Å². The van der Waals surface area contributed by atoms with Gasteiger partial charge in [0.15, 0.2) is 0 Å². The van der Waals surface area contributed by atoms with E-state index < -0.39 is 0 Å². The Morgan fingerprint density at radius 2 is 1.85 bits per heavy atom. The zero-order valence-electron chi connectivity index (χ0n) is 11.8. The summed E-state index contributed by atoms with van der Waals surface area (Å²) in [4.78, 5) is 17.8. The molecule has 2 aromatic rings. The topological polar surface area (TPSA) is 111 Å². The molecule has 0 spiro atoms. The predicted octanol–water partition coefficient (Wildman–Crippen LogP) is 1.41. The van der Waals surface area contributed by atoms with Gasteiger partial charge in [0.25, 0.3) is 0 Å². The molecule has 0 bridgehead atoms. The van der Waals surface area contributed by atoms with E-state index in [2.05, 4.69) is 30.7 Å². The molecule has 1 atom stereocenters. The molecule has 2 heterocycles. The third-order valence-corrected chi connectivity index (χ3v) is 3.86. The summed E-state index contributed by atoms with van der Waals surface area (Å²) in [6.07, 6.45) is 0. The quantitative estimate of drug-likeness (QED) is 0.561. The van der Waals surface area contributed by atoms with E-state index in [1.54, 1.807) is 11.3 Å². The van der Waals surface area contributed by atoms with Crippen molar-refractivity contribution in [2.75, 3.05) is 17.9 Å². The summed E-state index contributed by atoms with van der Waals surface area (Å²) in [5.41, 5.74) is 3.38. The van der Waals surface area contributed by atoms with E-state index in [1.165, 1.54) is 7.11 Å². The summed E-state index contributed by atoms with van der Waals surface area (Å²) < 4.78 is 5.00. The van der Waals surface area contributed by atoms with Crippen molar-refractivity contribution in [1.29, 1.82) is 0 Å². The third kappa shape index (κ3) is 3.11. The lowest BCUT2D eigenvalue weighted by Gasteiger charge is -2.13. The van der Waals surface area contributed by atoms with Crippen molar-refractivity contribution in [3.8, 4) is 6.01 Å². The number of thiazole rings is 1. The van der Waals surface area contributed by atoms with E-state index in [1.807, 2.05) is 20.8 Å². The number of aromatic nitrogens is 4. The number of hydrazine groups is 1. The third-order valence-electron chi connectivity index (χ3n) is 2.60. The van der Waals surface area contributed by atoms with Gasteiger partial charge in [0.2, 0.25) is 11.9 Å². The van der Waals surface area contributed by atoms with Gasteiger partial charge in [-0.15, -0.1) is 11.3 Å². The van der Waals surface area contributed by atoms with Crippen LogP contribution in [0.15, 0.2) is 0 Å². The Labute approximate surface area is 120 Å². The number of nitrogens with two attached hydrogens (primary N) is 1. The molecule has 0 fully saturated rings. The number of hydrogen-bond acceptors (Lipinski definition) is 9. The molecular weight excluding hydrogens is 278 g/mol. The smallest absolute Gasteiger partial charge is 0.322 e. The monoisotopic (exact) mass is 295 g/mol. The molecule has 2 rings (SSSR count). The Kier molecular flexibility index (Phi) is 4.30. The highest BCUT2D eigenvalue weighted by atomic mass is 32.1. The van der Waals surface area contributed by atoms with Crippen molar-refractivity contribution in [2.24, 2.45) is 5.84 Å². The summed E-state index contributed by atoms with van der Waals surface area (Å²) in [6, 6.07) is 0.221. The minimum absolute atomic E-state index is 0.0268. The van der Waals surface area contributed by atoms with Crippen LogP contribution in [0.25, 0.3) is 0 Å². The van der Waals surface area contributed by atoms with E-state index in [-0.39, 0.29) is 18.0 Å². The Morgan fingerprint density at radius 3 is 2.40 bits per heavy atom. The molecule has 108 valence electrons. The van der Waals surface area contributed by atoms with E-state index in [9.17, 15) is 0 Å². The van der Waals surface area contributed by atoms with Crippen molar-refractivity contribution in [2.45, 2.75) is 26.8 Å². The van der Waals surface area contributed by atoms with Crippen LogP contribution in [0.1, 0.15) is 28.5 Å². The fraction of sp³-hybridized carbons (Fsp3) is 0.455. The lowest BCUT2D eigenvalue weighted by molar-refractivity contribution is 0.379. The van der Waals surface area contributed by atoms with Gasteiger partial charge in [-0.25, -0.2) is 10.8 Å². The maximum atomic E-state index is 5.32. The number of rotatable bonds is 5. The largest absolute Gasteiger partial charge is 0.467 e. The molecule has 0 aliphatic rings. The molecule has 0 aliphatic heterocycles. The highest BCUT2D eigenvalue weighted by molar-refractivity contribution is 7.11. The molecule has 8 nitrogen and oxygen atoms in total. The average Bonchev–Trinajstić information content (AvgIpc) is 2.77. The first-order valence-corrected chi connectivity index (χ1v) is 6.82. The molecule has 9 heteroatoms. The van der Waals surface area contributed by atoms with Crippen LogP contribution in [0.5, 0.6) is 6.01 Å². The zero-order valence-corrected chi connectivity index (χ0v) is 12.6. The van der Waals surface area contributed by atoms with E-state index in [0.717, 1.165) is 15.6 Å². The van der Waals surface area contributed by atoms with Crippen LogP contribution in [0.3, 0.4) is 0 Å². The fourth-order valence-corrected chi connectivity index (χ4v) is 2.71. The molecule has 0 saturated carbocycles. The van der Waals surface area contributed by atoms with E-state index in [0.29, 0.717) is 5.95 Å². The van der Waals surface area contributed by atoms with Gasteiger partial charge in [-0.2, -0.15) is 15.0 Å². The maximum Gasteiger partial charge on any atom is 0.322 e. The normalized spacial score (nSPS) is 12.1. The summed E-state index contributed by atoms with van der Waals surface area (Å²) in [5, 5.41) is 4.23. The van der Waals surface area contributed by atoms with Gasteiger partial charge in [-0.1, -0.05) is 0 Å². The van der Waals surface area contributed by atoms with Crippen LogP contribution < -0.4 is 21.3 Å². The molecule has 0 aromatic carbocycles. The van der Waals surface area contributed by atoms with Crippen LogP contribution in [-0.4, -0.2) is 27.0 Å². The van der Waals surface area contributed by atoms with Crippen LogP contribution in [0.4, 0.5) is 11.9 Å². The summed E-state index contributed by atoms with van der Waals surface area (Å²) >= 11 is 1.65. The second kappa shape index (κ2) is 5.97. The number of aryl methyl sites for hydroxylation is 2. The number of nitrogen functional groups attached to an aromatic ring is 1. The molecule has 0 radical (unpaired) electrons. The van der Waals surface area contributed by atoms with Crippen molar-refractivity contribution < 1.29 is 4.74 Å². The summed E-state index contributed by atoms with van der Waals surface area (Å²) in [7, 11) is 1.49. The minimum atomic E-state index is 0.0268. The number of ether oxygens (including phenoxy) is 1. The highest BCUT2D eigenvalue weighted by Crippen LogP contribution is 2.26. The Balaban J connectivity index is 2.22. The van der Waals surface area contributed by atoms with Gasteiger partial charge >= 0.3 is 6.01 Å². The summed E-state index contributed by atoms with van der Waals surface area (Å²) in [6.45, 7) is 5.99. The standard InChI is InChI=1S/C11H17N7OS/c1-5-8(20-7(3)13-5)6(2)14-9-15-10(18-12)17-11(16-9)19-4/h6H,12H2,1-4H3,(H2,14,15,16,17,18). The van der Waals surface area contributed by atoms with Crippen molar-refractivity contribution in [3.05, 3.63) is 15.6 Å². The number of nitrogens with one attached hydrogen (secondary N) is 2. The number of anilines is 2. The SMILES string of the molecule is COc1nc(NN)nc(NC(C)c2sc(C)nc2C)n1. The zero-order chi connectivity index (χ0) is 14.7. The van der Waals surface area contributed by atoms with Crippen LogP contribution in [0.2, 0.25) is 0 Å². The highest BCUT2D eigenvalue weighted by Gasteiger charge is 2.15. The first kappa shape index (κ1) is 14.4. The van der Waals surface area contributed by atoms with Crippen molar-refractivity contribution in [3.63, 3.8) is 0 Å². The lowest BCUT2D eigenvalue weighted by Crippen LogP contribution is -2.15. The molecule has 0 amide bonds. The number of methoxy groups -OCH3 is 1. The van der Waals surface area contributed by atoms with Gasteiger partial charge < -0.3 is 10.1 Å². The minimum Gasteiger partial charge on any atom is -0.467 e. The molecule has 0 saturated heterocycles. The van der Waals surface area contributed by atoms with Crippen LogP contribution >= 0.6 is 11.3 Å². The molecule has 1 unspecified atom stereocenters. The fourth-order valence-electron chi connectivity index (χ4n) is 1.78. The molecule has 2 aromatic heterocycles. The Hall–Kier alpha value is -2.00.